The molecule has 0 bridgehead atoms. The summed E-state index contributed by atoms with van der Waals surface area (Å²) in [6.45, 7) is 3.90. The molecule has 0 amide bonds. The number of nitro benzene ring substituents is 1. The highest BCUT2D eigenvalue weighted by Gasteiger charge is 2.32. The predicted octanol–water partition coefficient (Wildman–Crippen LogP) is 3.84. The van der Waals surface area contributed by atoms with E-state index in [9.17, 15) is 23.3 Å². The van der Waals surface area contributed by atoms with E-state index < -0.39 is 17.6 Å². The molecule has 0 atom stereocenters. The van der Waals surface area contributed by atoms with Gasteiger partial charge in [-0.25, -0.2) is 4.68 Å². The summed E-state index contributed by atoms with van der Waals surface area (Å²) in [7, 11) is 0. The number of nitrogens with zero attached hydrogens (tertiary/aromatic N) is 5. The largest absolute Gasteiger partial charge is 0.401 e. The lowest BCUT2D eigenvalue weighted by Gasteiger charge is -2.23. The second kappa shape index (κ2) is 8.44. The standard InChI is InChI=1S/C16H18F3N5O2S/c1-3-8-22-12(2)20-23(15(22)27)11-21(10-16(17,18)19)9-13-6-4-5-7-14(13)24(25)26/h3-7H,1,8-11H2,2H3. The van der Waals surface area contributed by atoms with Crippen molar-refractivity contribution in [2.24, 2.45) is 0 Å². The van der Waals surface area contributed by atoms with Crippen LogP contribution >= 0.6 is 12.2 Å². The Kier molecular flexibility index (Phi) is 6.50. The maximum Gasteiger partial charge on any atom is 0.401 e. The third kappa shape index (κ3) is 5.47. The summed E-state index contributed by atoms with van der Waals surface area (Å²) < 4.78 is 42.2. The molecule has 0 saturated heterocycles. The molecule has 0 aliphatic heterocycles. The maximum atomic E-state index is 13.0. The fourth-order valence-electron chi connectivity index (χ4n) is 2.64. The quantitative estimate of drug-likeness (QED) is 0.291. The van der Waals surface area contributed by atoms with E-state index in [1.807, 2.05) is 0 Å². The Hall–Kier alpha value is -2.53. The summed E-state index contributed by atoms with van der Waals surface area (Å²) in [4.78, 5) is 11.5. The van der Waals surface area contributed by atoms with Gasteiger partial charge in [-0.2, -0.15) is 18.3 Å². The van der Waals surface area contributed by atoms with Crippen LogP contribution in [0.15, 0.2) is 36.9 Å². The molecule has 1 aromatic heterocycles. The van der Waals surface area contributed by atoms with Gasteiger partial charge >= 0.3 is 6.18 Å². The van der Waals surface area contributed by atoms with E-state index in [0.29, 0.717) is 12.4 Å². The van der Waals surface area contributed by atoms with Crippen molar-refractivity contribution in [3.05, 3.63) is 63.2 Å². The van der Waals surface area contributed by atoms with Crippen molar-refractivity contribution in [3.63, 3.8) is 0 Å². The van der Waals surface area contributed by atoms with Crippen LogP contribution in [0.25, 0.3) is 0 Å². The van der Waals surface area contributed by atoms with Gasteiger partial charge in [0.15, 0.2) is 4.77 Å². The number of hydrogen-bond acceptors (Lipinski definition) is 5. The molecule has 2 rings (SSSR count). The fourth-order valence-corrected chi connectivity index (χ4v) is 2.95. The molecule has 0 radical (unpaired) electrons. The van der Waals surface area contributed by atoms with Crippen LogP contribution in [0, 0.1) is 21.8 Å². The van der Waals surface area contributed by atoms with Crippen molar-refractivity contribution in [3.8, 4) is 0 Å². The highest BCUT2D eigenvalue weighted by molar-refractivity contribution is 7.71. The van der Waals surface area contributed by atoms with E-state index in [0.717, 1.165) is 4.90 Å². The van der Waals surface area contributed by atoms with Gasteiger partial charge in [-0.3, -0.25) is 15.0 Å². The number of aryl methyl sites for hydroxylation is 1. The SMILES string of the molecule is C=CCn1c(C)nn(CN(Cc2ccccc2[N+](=O)[O-])CC(F)(F)F)c1=S. The van der Waals surface area contributed by atoms with Gasteiger partial charge in [0.2, 0.25) is 0 Å². The van der Waals surface area contributed by atoms with Crippen molar-refractivity contribution in [1.82, 2.24) is 19.2 Å². The number of hydrogen-bond donors (Lipinski definition) is 0. The topological polar surface area (TPSA) is 69.1 Å². The molecule has 0 N–H and O–H groups in total. The number of benzene rings is 1. The third-order valence-corrected chi connectivity index (χ3v) is 4.17. The zero-order valence-corrected chi connectivity index (χ0v) is 15.3. The second-order valence-electron chi connectivity index (χ2n) is 5.86. The summed E-state index contributed by atoms with van der Waals surface area (Å²) in [6.07, 6.45) is -2.87. The van der Waals surface area contributed by atoms with Gasteiger partial charge in [0.05, 0.1) is 18.1 Å². The summed E-state index contributed by atoms with van der Waals surface area (Å²) in [5.74, 6) is 0.539. The van der Waals surface area contributed by atoms with Crippen LogP contribution in [0.2, 0.25) is 0 Å². The Morgan fingerprint density at radius 1 is 1.41 bits per heavy atom. The van der Waals surface area contributed by atoms with Crippen LogP contribution in [0.3, 0.4) is 0 Å². The van der Waals surface area contributed by atoms with E-state index >= 15 is 0 Å². The summed E-state index contributed by atoms with van der Waals surface area (Å²) in [6, 6.07) is 5.70. The van der Waals surface area contributed by atoms with Crippen molar-refractivity contribution >= 4 is 17.9 Å². The number of halogens is 3. The lowest BCUT2D eigenvalue weighted by Crippen LogP contribution is -2.35. The second-order valence-corrected chi connectivity index (χ2v) is 6.22. The number of rotatable bonds is 8. The van der Waals surface area contributed by atoms with E-state index in [1.165, 1.54) is 22.9 Å². The maximum absolute atomic E-state index is 13.0. The predicted molar refractivity (Wildman–Crippen MR) is 95.5 cm³/mol. The van der Waals surface area contributed by atoms with Crippen LogP contribution in [0.4, 0.5) is 18.9 Å². The minimum absolute atomic E-state index is 0.181. The van der Waals surface area contributed by atoms with Crippen molar-refractivity contribution in [2.45, 2.75) is 32.9 Å². The number of nitro groups is 1. The molecule has 0 aliphatic carbocycles. The third-order valence-electron chi connectivity index (χ3n) is 3.74. The zero-order valence-electron chi connectivity index (χ0n) is 14.5. The molecule has 1 aromatic carbocycles. The Balaban J connectivity index is 2.34. The molecule has 7 nitrogen and oxygen atoms in total. The normalized spacial score (nSPS) is 11.7. The Morgan fingerprint density at radius 2 is 2.07 bits per heavy atom. The molecule has 11 heteroatoms. The number of para-hydroxylation sites is 1. The van der Waals surface area contributed by atoms with Gasteiger partial charge in [0, 0.05) is 24.7 Å². The minimum atomic E-state index is -4.48. The fraction of sp³-hybridized carbons (Fsp3) is 0.375. The number of aromatic nitrogens is 3. The van der Waals surface area contributed by atoms with Gasteiger partial charge < -0.3 is 4.57 Å². The van der Waals surface area contributed by atoms with Crippen LogP contribution in [0.1, 0.15) is 11.4 Å². The van der Waals surface area contributed by atoms with Gasteiger partial charge in [0.1, 0.15) is 5.82 Å². The minimum Gasteiger partial charge on any atom is -0.300 e. The van der Waals surface area contributed by atoms with Crippen LogP contribution < -0.4 is 0 Å². The summed E-state index contributed by atoms with van der Waals surface area (Å²) in [5, 5.41) is 15.3. The molecule has 0 fully saturated rings. The smallest absolute Gasteiger partial charge is 0.300 e. The first-order chi connectivity index (χ1) is 12.6. The number of alkyl halides is 3. The van der Waals surface area contributed by atoms with Crippen LogP contribution in [-0.2, 0) is 19.8 Å². The van der Waals surface area contributed by atoms with Crippen molar-refractivity contribution in [1.29, 1.82) is 0 Å². The van der Waals surface area contributed by atoms with Crippen LogP contribution in [0.5, 0.6) is 0 Å². The molecule has 2 aromatic rings. The monoisotopic (exact) mass is 401 g/mol. The molecule has 0 spiro atoms. The summed E-state index contributed by atoms with van der Waals surface area (Å²) in [5.41, 5.74) is -0.0536. The average Bonchev–Trinajstić information content (AvgIpc) is 2.81. The Labute approximate surface area is 158 Å². The molecule has 27 heavy (non-hydrogen) atoms. The zero-order chi connectivity index (χ0) is 20.2. The van der Waals surface area contributed by atoms with Crippen LogP contribution in [-0.4, -0.2) is 36.9 Å². The highest BCUT2D eigenvalue weighted by Crippen LogP contribution is 2.23. The van der Waals surface area contributed by atoms with Crippen molar-refractivity contribution in [2.75, 3.05) is 6.54 Å². The molecule has 0 aliphatic rings. The lowest BCUT2D eigenvalue weighted by atomic mass is 10.1. The summed E-state index contributed by atoms with van der Waals surface area (Å²) >= 11 is 5.27. The molecule has 1 heterocycles. The first-order valence-electron chi connectivity index (χ1n) is 7.89. The first kappa shape index (κ1) is 20.8. The van der Waals surface area contributed by atoms with Gasteiger partial charge in [-0.1, -0.05) is 24.3 Å². The van der Waals surface area contributed by atoms with E-state index in [1.54, 1.807) is 23.6 Å². The Bertz CT molecular complexity index is 891. The number of allylic oxidation sites excluding steroid dienone is 1. The Morgan fingerprint density at radius 3 is 2.67 bits per heavy atom. The van der Waals surface area contributed by atoms with E-state index in [-0.39, 0.29) is 29.2 Å². The van der Waals surface area contributed by atoms with Gasteiger partial charge in [-0.15, -0.1) is 6.58 Å². The average molecular weight is 401 g/mol. The lowest BCUT2D eigenvalue weighted by molar-refractivity contribution is -0.385. The molecule has 0 saturated carbocycles. The van der Waals surface area contributed by atoms with Gasteiger partial charge in [0.25, 0.3) is 5.69 Å². The van der Waals surface area contributed by atoms with E-state index in [2.05, 4.69) is 11.7 Å². The molecule has 0 unspecified atom stereocenters. The van der Waals surface area contributed by atoms with E-state index in [4.69, 9.17) is 12.2 Å². The molecular formula is C16H18F3N5O2S. The first-order valence-corrected chi connectivity index (χ1v) is 8.29. The highest BCUT2D eigenvalue weighted by atomic mass is 32.1. The molecular weight excluding hydrogens is 383 g/mol. The molecule has 146 valence electrons. The van der Waals surface area contributed by atoms with Crippen molar-refractivity contribution < 1.29 is 18.1 Å². The van der Waals surface area contributed by atoms with Gasteiger partial charge in [-0.05, 0) is 19.1 Å².